The third-order valence-electron chi connectivity index (χ3n) is 1.26. The highest BCUT2D eigenvalue weighted by Gasteiger charge is 2.13. The second-order valence-corrected chi connectivity index (χ2v) is 2.50. The minimum Gasteiger partial charge on any atom is -0.349 e. The van der Waals surface area contributed by atoms with Crippen LogP contribution in [0.3, 0.4) is 0 Å². The molecule has 0 saturated carbocycles. The predicted octanol–water partition coefficient (Wildman–Crippen LogP) is -0.310. The first-order valence-corrected chi connectivity index (χ1v) is 3.17. The molecule has 0 radical (unpaired) electrons. The van der Waals surface area contributed by atoms with Crippen molar-refractivity contribution in [2.75, 3.05) is 20.6 Å². The Balaban J connectivity index is 3.71. The Labute approximate surface area is 60.8 Å². The lowest BCUT2D eigenvalue weighted by Crippen LogP contribution is -2.33. The van der Waals surface area contributed by atoms with Crippen LogP contribution in [-0.4, -0.2) is 36.7 Å². The smallest absolute Gasteiger partial charge is 0.226 e. The van der Waals surface area contributed by atoms with Gasteiger partial charge in [-0.25, -0.2) is 5.48 Å². The average molecular weight is 146 g/mol. The van der Waals surface area contributed by atoms with E-state index in [0.717, 1.165) is 0 Å². The standard InChI is InChI=1S/C6H14N2O2/c1-5(4-7-10)6(9)8(2)3/h5,7,10H,4H2,1-3H3. The molecule has 1 unspecified atom stereocenters. The Bertz CT molecular complexity index is 114. The summed E-state index contributed by atoms with van der Waals surface area (Å²) in [5.41, 5.74) is 1.96. The van der Waals surface area contributed by atoms with Crippen LogP contribution in [0.4, 0.5) is 0 Å². The Morgan fingerprint density at radius 1 is 1.70 bits per heavy atom. The van der Waals surface area contributed by atoms with Crippen molar-refractivity contribution in [3.63, 3.8) is 0 Å². The number of carbonyl (C=O) groups excluding carboxylic acids is 1. The number of carbonyl (C=O) groups is 1. The van der Waals surface area contributed by atoms with E-state index in [2.05, 4.69) is 0 Å². The molecular weight excluding hydrogens is 132 g/mol. The van der Waals surface area contributed by atoms with Crippen molar-refractivity contribution in [1.82, 2.24) is 10.4 Å². The lowest BCUT2D eigenvalue weighted by atomic mass is 10.1. The molecule has 0 saturated heterocycles. The summed E-state index contributed by atoms with van der Waals surface area (Å²) >= 11 is 0. The Hall–Kier alpha value is -0.610. The van der Waals surface area contributed by atoms with Gasteiger partial charge in [-0.05, 0) is 0 Å². The van der Waals surface area contributed by atoms with Crippen molar-refractivity contribution in [3.05, 3.63) is 0 Å². The first kappa shape index (κ1) is 9.39. The van der Waals surface area contributed by atoms with Gasteiger partial charge in [0, 0.05) is 20.6 Å². The van der Waals surface area contributed by atoms with Gasteiger partial charge < -0.3 is 10.1 Å². The van der Waals surface area contributed by atoms with Crippen LogP contribution in [0.2, 0.25) is 0 Å². The summed E-state index contributed by atoms with van der Waals surface area (Å²) in [6, 6.07) is 0. The first-order valence-electron chi connectivity index (χ1n) is 3.17. The van der Waals surface area contributed by atoms with Crippen LogP contribution in [0.1, 0.15) is 6.92 Å². The van der Waals surface area contributed by atoms with E-state index < -0.39 is 0 Å². The zero-order valence-electron chi connectivity index (χ0n) is 6.59. The van der Waals surface area contributed by atoms with Gasteiger partial charge in [0.25, 0.3) is 0 Å². The SMILES string of the molecule is CC(CNO)C(=O)N(C)C. The minimum atomic E-state index is -0.167. The molecule has 0 fully saturated rings. The number of nitrogens with zero attached hydrogens (tertiary/aromatic N) is 1. The number of nitrogens with one attached hydrogen (secondary N) is 1. The minimum absolute atomic E-state index is 0.0153. The number of hydroxylamine groups is 1. The van der Waals surface area contributed by atoms with Crippen LogP contribution in [0.25, 0.3) is 0 Å². The fourth-order valence-electron chi connectivity index (χ4n) is 0.665. The maximum atomic E-state index is 11.0. The molecule has 0 aliphatic heterocycles. The molecule has 0 aromatic rings. The summed E-state index contributed by atoms with van der Waals surface area (Å²) in [7, 11) is 3.38. The maximum Gasteiger partial charge on any atom is 0.226 e. The molecule has 0 spiro atoms. The molecule has 1 amide bonds. The molecule has 4 heteroatoms. The third kappa shape index (κ3) is 2.80. The Kier molecular flexibility index (Phi) is 3.99. The van der Waals surface area contributed by atoms with Gasteiger partial charge >= 0.3 is 0 Å². The molecule has 10 heavy (non-hydrogen) atoms. The molecule has 4 nitrogen and oxygen atoms in total. The molecule has 1 atom stereocenters. The summed E-state index contributed by atoms with van der Waals surface area (Å²) in [6.45, 7) is 2.06. The summed E-state index contributed by atoms with van der Waals surface area (Å²) < 4.78 is 0. The lowest BCUT2D eigenvalue weighted by Gasteiger charge is -2.15. The van der Waals surface area contributed by atoms with Gasteiger partial charge in [0.1, 0.15) is 0 Å². The quantitative estimate of drug-likeness (QED) is 0.537. The molecule has 0 rings (SSSR count). The second-order valence-electron chi connectivity index (χ2n) is 2.50. The molecular formula is C6H14N2O2. The van der Waals surface area contributed by atoms with Crippen molar-refractivity contribution < 1.29 is 10.0 Å². The molecule has 0 aromatic heterocycles. The van der Waals surface area contributed by atoms with Crippen LogP contribution >= 0.6 is 0 Å². The lowest BCUT2D eigenvalue weighted by molar-refractivity contribution is -0.132. The van der Waals surface area contributed by atoms with Gasteiger partial charge in [0.2, 0.25) is 5.91 Å². The Morgan fingerprint density at radius 3 is 2.50 bits per heavy atom. The van der Waals surface area contributed by atoms with Crippen molar-refractivity contribution in [2.45, 2.75) is 6.92 Å². The normalized spacial score (nSPS) is 12.8. The van der Waals surface area contributed by atoms with E-state index in [-0.39, 0.29) is 11.8 Å². The Morgan fingerprint density at radius 2 is 2.20 bits per heavy atom. The fraction of sp³-hybridized carbons (Fsp3) is 0.833. The highest BCUT2D eigenvalue weighted by atomic mass is 16.5. The molecule has 0 aliphatic carbocycles. The monoisotopic (exact) mass is 146 g/mol. The van der Waals surface area contributed by atoms with E-state index in [1.54, 1.807) is 21.0 Å². The van der Waals surface area contributed by atoms with E-state index >= 15 is 0 Å². The van der Waals surface area contributed by atoms with Gasteiger partial charge in [0.15, 0.2) is 0 Å². The fourth-order valence-corrected chi connectivity index (χ4v) is 0.665. The van der Waals surface area contributed by atoms with E-state index in [9.17, 15) is 4.79 Å². The van der Waals surface area contributed by atoms with Crippen LogP contribution < -0.4 is 5.48 Å². The summed E-state index contributed by atoms with van der Waals surface area (Å²) in [4.78, 5) is 12.5. The maximum absolute atomic E-state index is 11.0. The van der Waals surface area contributed by atoms with Crippen LogP contribution in [0, 0.1) is 5.92 Å². The molecule has 0 aromatic carbocycles. The van der Waals surface area contributed by atoms with Crippen molar-refractivity contribution in [1.29, 1.82) is 0 Å². The first-order chi connectivity index (χ1) is 4.59. The molecule has 0 heterocycles. The van der Waals surface area contributed by atoms with E-state index in [0.29, 0.717) is 6.54 Å². The highest BCUT2D eigenvalue weighted by molar-refractivity contribution is 5.78. The molecule has 60 valence electrons. The largest absolute Gasteiger partial charge is 0.349 e. The number of rotatable bonds is 3. The average Bonchev–Trinajstić information content (AvgIpc) is 1.87. The van der Waals surface area contributed by atoms with Gasteiger partial charge in [0.05, 0.1) is 5.92 Å². The number of hydrogen-bond donors (Lipinski definition) is 2. The summed E-state index contributed by atoms with van der Waals surface area (Å²) in [6.07, 6.45) is 0. The van der Waals surface area contributed by atoms with Crippen molar-refractivity contribution in [3.8, 4) is 0 Å². The summed E-state index contributed by atoms with van der Waals surface area (Å²) in [5, 5.41) is 8.25. The molecule has 2 N–H and O–H groups in total. The predicted molar refractivity (Wildman–Crippen MR) is 37.6 cm³/mol. The van der Waals surface area contributed by atoms with Crippen LogP contribution in [0.5, 0.6) is 0 Å². The van der Waals surface area contributed by atoms with Gasteiger partial charge in [-0.3, -0.25) is 4.79 Å². The number of amides is 1. The van der Waals surface area contributed by atoms with Gasteiger partial charge in [-0.15, -0.1) is 0 Å². The van der Waals surface area contributed by atoms with E-state index in [1.165, 1.54) is 4.90 Å². The van der Waals surface area contributed by atoms with Crippen LogP contribution in [-0.2, 0) is 4.79 Å². The zero-order chi connectivity index (χ0) is 8.15. The van der Waals surface area contributed by atoms with Crippen molar-refractivity contribution in [2.24, 2.45) is 5.92 Å². The van der Waals surface area contributed by atoms with Gasteiger partial charge in [-0.2, -0.15) is 0 Å². The van der Waals surface area contributed by atoms with E-state index in [1.807, 2.05) is 5.48 Å². The molecule has 0 bridgehead atoms. The van der Waals surface area contributed by atoms with Gasteiger partial charge in [-0.1, -0.05) is 6.92 Å². The van der Waals surface area contributed by atoms with E-state index in [4.69, 9.17) is 5.21 Å². The van der Waals surface area contributed by atoms with Crippen LogP contribution in [0.15, 0.2) is 0 Å². The number of hydrogen-bond acceptors (Lipinski definition) is 3. The summed E-state index contributed by atoms with van der Waals surface area (Å²) in [5.74, 6) is -0.151. The highest BCUT2D eigenvalue weighted by Crippen LogP contribution is 1.95. The van der Waals surface area contributed by atoms with Crippen molar-refractivity contribution >= 4 is 5.91 Å². The third-order valence-corrected chi connectivity index (χ3v) is 1.26. The molecule has 0 aliphatic rings. The topological polar surface area (TPSA) is 52.6 Å². The zero-order valence-corrected chi connectivity index (χ0v) is 6.59. The second kappa shape index (κ2) is 4.24.